The van der Waals surface area contributed by atoms with E-state index in [4.69, 9.17) is 17.1 Å². The number of nitrogens with one attached hydrogen (secondary N) is 3. The van der Waals surface area contributed by atoms with Gasteiger partial charge in [0.25, 0.3) is 11.8 Å². The van der Waals surface area contributed by atoms with Crippen LogP contribution in [0.1, 0.15) is 77.4 Å². The molecule has 1 saturated carbocycles. The zero-order valence-electron chi connectivity index (χ0n) is 32.9. The number of nitrogens with zero attached hydrogens (tertiary/aromatic N) is 3. The Hall–Kier alpha value is -4.65. The molecule has 2 amide bonds. The number of aromatic amines is 1. The molecule has 1 aliphatic carbocycles. The van der Waals surface area contributed by atoms with E-state index in [9.17, 15) is 22.8 Å². The number of rotatable bonds is 9. The van der Waals surface area contributed by atoms with Crippen LogP contribution in [0, 0.1) is 0 Å². The van der Waals surface area contributed by atoms with E-state index in [1.165, 1.54) is 31.3 Å². The molecule has 2 heterocycles. The molecule has 3 N–H and O–H groups in total. The van der Waals surface area contributed by atoms with Gasteiger partial charge in [0.1, 0.15) is 11.3 Å². The number of ether oxygens (including phenoxy) is 2. The van der Waals surface area contributed by atoms with Crippen LogP contribution in [0.25, 0.3) is 22.0 Å². The van der Waals surface area contributed by atoms with Gasteiger partial charge in [0.05, 0.1) is 22.7 Å². The number of carbonyl (C=O) groups is 2. The number of hydrogen-bond acceptors (Lipinski definition) is 7. The highest BCUT2D eigenvalue weighted by Crippen LogP contribution is 2.30. The predicted octanol–water partition coefficient (Wildman–Crippen LogP) is 5.63. The maximum Gasteiger partial charge on any atom is 0.573 e. The first-order chi connectivity index (χ1) is 25.0. The van der Waals surface area contributed by atoms with E-state index in [2.05, 4.69) is 30.6 Å². The van der Waals surface area contributed by atoms with Crippen LogP contribution in [-0.2, 0) is 0 Å². The number of alkyl halides is 3. The molecular formula is C32H35F3N6O4. The van der Waals surface area contributed by atoms with Crippen molar-refractivity contribution in [2.24, 2.45) is 0 Å². The van der Waals surface area contributed by atoms with E-state index in [0.717, 1.165) is 12.1 Å². The van der Waals surface area contributed by atoms with E-state index in [0.29, 0.717) is 39.8 Å². The van der Waals surface area contributed by atoms with E-state index in [-0.39, 0.29) is 35.7 Å². The van der Waals surface area contributed by atoms with E-state index in [1.54, 1.807) is 18.2 Å². The molecule has 13 heteroatoms. The Morgan fingerprint density at radius 1 is 1.07 bits per heavy atom. The first kappa shape index (κ1) is 22.0. The fourth-order valence-corrected chi connectivity index (χ4v) is 5.30. The Bertz CT molecular complexity index is 1980. The molecule has 238 valence electrons. The molecule has 1 fully saturated rings. The van der Waals surface area contributed by atoms with Crippen LogP contribution in [0.3, 0.4) is 0 Å². The number of carbonyl (C=O) groups excluding carboxylic acids is 2. The fourth-order valence-electron chi connectivity index (χ4n) is 5.30. The molecule has 4 aromatic rings. The van der Waals surface area contributed by atoms with Gasteiger partial charge in [-0.3, -0.25) is 14.7 Å². The minimum absolute atomic E-state index is 0.0728. The SMILES string of the molecule is [2H]C([2H])([2H])Oc1ncc(-c2ccc3c(C(=O)NC4CCC(N(C([2H])([2H])[2H])C([2H])([2H])[2H])CC4)n[nH]c3c2)cc1C(=O)NC(C)c1cccc(OC(F)(F)F)c1. The Morgan fingerprint density at radius 2 is 1.87 bits per heavy atom. The summed E-state index contributed by atoms with van der Waals surface area (Å²) < 4.78 is 116. The van der Waals surface area contributed by atoms with Gasteiger partial charge < -0.3 is 25.0 Å². The zero-order chi connectivity index (χ0) is 39.8. The molecule has 5 rings (SSSR count). The molecule has 1 unspecified atom stereocenters. The number of halogens is 3. The van der Waals surface area contributed by atoms with Crippen LogP contribution < -0.4 is 20.1 Å². The Labute approximate surface area is 270 Å². The minimum atomic E-state index is -4.93. The number of benzene rings is 2. The first-order valence-electron chi connectivity index (χ1n) is 18.4. The lowest BCUT2D eigenvalue weighted by atomic mass is 9.90. The van der Waals surface area contributed by atoms with Gasteiger partial charge in [0.2, 0.25) is 5.88 Å². The number of pyridine rings is 1. The second kappa shape index (κ2) is 13.1. The molecule has 2 aromatic carbocycles. The Kier molecular flexibility index (Phi) is 6.41. The van der Waals surface area contributed by atoms with Crippen molar-refractivity contribution in [3.05, 3.63) is 71.5 Å². The lowest BCUT2D eigenvalue weighted by Crippen LogP contribution is -2.41. The molecule has 2 aromatic heterocycles. The summed E-state index contributed by atoms with van der Waals surface area (Å²) in [6, 6.07) is 9.26. The van der Waals surface area contributed by atoms with Gasteiger partial charge in [-0.25, -0.2) is 4.98 Å². The van der Waals surface area contributed by atoms with Crippen molar-refractivity contribution in [3.8, 4) is 22.8 Å². The summed E-state index contributed by atoms with van der Waals surface area (Å²) in [4.78, 5) is 31.4. The lowest BCUT2D eigenvalue weighted by Gasteiger charge is -2.32. The van der Waals surface area contributed by atoms with Crippen LogP contribution >= 0.6 is 0 Å². The molecule has 10 nitrogen and oxygen atoms in total. The summed E-state index contributed by atoms with van der Waals surface area (Å²) in [5.74, 6) is -2.35. The van der Waals surface area contributed by atoms with Crippen LogP contribution in [0.4, 0.5) is 13.2 Å². The van der Waals surface area contributed by atoms with Crippen LogP contribution in [0.2, 0.25) is 0 Å². The molecule has 0 spiro atoms. The van der Waals surface area contributed by atoms with Crippen molar-refractivity contribution in [2.45, 2.75) is 57.1 Å². The van der Waals surface area contributed by atoms with Crippen molar-refractivity contribution in [1.82, 2.24) is 30.7 Å². The largest absolute Gasteiger partial charge is 0.573 e. The van der Waals surface area contributed by atoms with Crippen molar-refractivity contribution in [1.29, 1.82) is 0 Å². The van der Waals surface area contributed by atoms with Crippen molar-refractivity contribution >= 4 is 22.7 Å². The highest BCUT2D eigenvalue weighted by molar-refractivity contribution is 6.05. The van der Waals surface area contributed by atoms with E-state index < -0.39 is 62.9 Å². The summed E-state index contributed by atoms with van der Waals surface area (Å²) >= 11 is 0. The van der Waals surface area contributed by atoms with E-state index in [1.807, 2.05) is 0 Å². The molecule has 45 heavy (non-hydrogen) atoms. The third-order valence-corrected chi connectivity index (χ3v) is 7.64. The van der Waals surface area contributed by atoms with Gasteiger partial charge in [-0.15, -0.1) is 13.2 Å². The molecular weight excluding hydrogens is 589 g/mol. The number of aromatic nitrogens is 3. The first-order valence-corrected chi connectivity index (χ1v) is 13.9. The molecule has 0 aliphatic heterocycles. The second-order valence-corrected chi connectivity index (χ2v) is 10.7. The highest BCUT2D eigenvalue weighted by Gasteiger charge is 2.31. The summed E-state index contributed by atoms with van der Waals surface area (Å²) in [5, 5.41) is 12.9. The highest BCUT2D eigenvalue weighted by atomic mass is 19.4. The lowest BCUT2D eigenvalue weighted by molar-refractivity contribution is -0.274. The summed E-state index contributed by atoms with van der Waals surface area (Å²) in [7, 11) is -2.97. The van der Waals surface area contributed by atoms with Gasteiger partial charge >= 0.3 is 6.36 Å². The van der Waals surface area contributed by atoms with Gasteiger partial charge in [-0.1, -0.05) is 18.2 Å². The van der Waals surface area contributed by atoms with Crippen molar-refractivity contribution in [3.63, 3.8) is 0 Å². The average molecular weight is 634 g/mol. The van der Waals surface area contributed by atoms with Crippen LogP contribution in [0.5, 0.6) is 11.6 Å². The Balaban J connectivity index is 1.32. The standard InChI is InChI=1S/C32H35F3N6O4/c1-18(19-6-5-7-24(14-19)45-32(33,34)35)37-29(42)26-15-21(17-36-31(26)44-4)20-8-13-25-27(16-20)39-40-28(25)30(43)38-22-9-11-23(12-10-22)41(2)3/h5-8,13-18,22-23H,9-12H2,1-4H3,(H,37,42)(H,38,43)(H,39,40)/i2D3,3D3,4D3. The Morgan fingerprint density at radius 3 is 2.60 bits per heavy atom. The van der Waals surface area contributed by atoms with Gasteiger partial charge in [-0.05, 0) is 88.0 Å². The van der Waals surface area contributed by atoms with Crippen LogP contribution in [0.15, 0.2) is 54.7 Å². The number of hydrogen-bond donors (Lipinski definition) is 3. The normalized spacial score (nSPS) is 21.4. The molecule has 0 radical (unpaired) electrons. The zero-order valence-corrected chi connectivity index (χ0v) is 23.9. The summed E-state index contributed by atoms with van der Waals surface area (Å²) in [5.41, 5.74) is 1.31. The topological polar surface area (TPSA) is 121 Å². The molecule has 1 aliphatic rings. The maximum absolute atomic E-state index is 13.5. The fraction of sp³-hybridized carbons (Fsp3) is 0.375. The molecule has 0 saturated heterocycles. The smallest absolute Gasteiger partial charge is 0.480 e. The third-order valence-electron chi connectivity index (χ3n) is 7.64. The quantitative estimate of drug-likeness (QED) is 0.219. The number of fused-ring (bicyclic) bond motifs is 1. The second-order valence-electron chi connectivity index (χ2n) is 10.7. The number of amides is 2. The van der Waals surface area contributed by atoms with Gasteiger partial charge in [0.15, 0.2) is 5.69 Å². The molecule has 1 atom stereocenters. The van der Waals surface area contributed by atoms with E-state index >= 15 is 0 Å². The molecule has 0 bridgehead atoms. The minimum Gasteiger partial charge on any atom is -0.480 e. The average Bonchev–Trinajstić information content (AvgIpc) is 3.47. The monoisotopic (exact) mass is 633 g/mol. The third kappa shape index (κ3) is 7.54. The van der Waals surface area contributed by atoms with Gasteiger partial charge in [0, 0.05) is 37.5 Å². The van der Waals surface area contributed by atoms with Crippen molar-refractivity contribution in [2.75, 3.05) is 21.0 Å². The summed E-state index contributed by atoms with van der Waals surface area (Å²) in [6.07, 6.45) is -2.44. The predicted molar refractivity (Wildman–Crippen MR) is 162 cm³/mol. The maximum atomic E-state index is 13.5. The van der Waals surface area contributed by atoms with Gasteiger partial charge in [-0.2, -0.15) is 5.10 Å². The summed E-state index contributed by atoms with van der Waals surface area (Å²) in [6.45, 7) is -4.10. The van der Waals surface area contributed by atoms with Crippen LogP contribution in [-0.4, -0.2) is 71.3 Å². The number of methoxy groups -OCH3 is 1. The van der Waals surface area contributed by atoms with Crippen molar-refractivity contribution < 1.29 is 44.6 Å². The number of H-pyrrole nitrogens is 1.